The third-order valence-electron chi connectivity index (χ3n) is 2.45. The fourth-order valence-electron chi connectivity index (χ4n) is 1.81. The van der Waals surface area contributed by atoms with Gasteiger partial charge in [0.15, 0.2) is 0 Å². The lowest BCUT2D eigenvalue weighted by Gasteiger charge is -2.13. The van der Waals surface area contributed by atoms with Gasteiger partial charge in [-0.15, -0.1) is 0 Å². The molecule has 0 saturated carbocycles. The van der Waals surface area contributed by atoms with E-state index < -0.39 is 29.2 Å². The van der Waals surface area contributed by atoms with Crippen LogP contribution in [0.15, 0.2) is 17.0 Å². The van der Waals surface area contributed by atoms with Gasteiger partial charge in [-0.05, 0) is 37.1 Å². The van der Waals surface area contributed by atoms with Crippen molar-refractivity contribution in [1.82, 2.24) is 4.72 Å². The number of rotatable bonds is 4. The highest BCUT2D eigenvalue weighted by molar-refractivity contribution is 7.89. The molecule has 8 heteroatoms. The van der Waals surface area contributed by atoms with Gasteiger partial charge in [0.05, 0.1) is 11.3 Å². The van der Waals surface area contributed by atoms with E-state index in [1.54, 1.807) is 13.8 Å². The molecule has 3 N–H and O–H groups in total. The van der Waals surface area contributed by atoms with Gasteiger partial charge in [-0.2, -0.15) is 13.2 Å². The molecule has 0 aliphatic rings. The van der Waals surface area contributed by atoms with Crippen LogP contribution in [-0.2, 0) is 10.0 Å². The molecule has 0 saturated heterocycles. The molecular weight excluding hydrogens is 281 g/mol. The van der Waals surface area contributed by atoms with Crippen molar-refractivity contribution in [3.63, 3.8) is 0 Å². The van der Waals surface area contributed by atoms with Crippen molar-refractivity contribution in [2.24, 2.45) is 0 Å². The predicted octanol–water partition coefficient (Wildman–Crippen LogP) is 2.12. The Morgan fingerprint density at radius 1 is 1.21 bits per heavy atom. The molecule has 0 aliphatic heterocycles. The molecule has 0 aromatic heterocycles. The fourth-order valence-corrected chi connectivity index (χ4v) is 3.29. The Labute approximate surface area is 109 Å². The number of anilines is 1. The molecule has 4 nitrogen and oxygen atoms in total. The summed E-state index contributed by atoms with van der Waals surface area (Å²) in [6, 6.07) is 2.93. The van der Waals surface area contributed by atoms with E-state index in [4.69, 9.17) is 5.73 Å². The van der Waals surface area contributed by atoms with Gasteiger partial charge in [0, 0.05) is 12.2 Å². The minimum atomic E-state index is -4.40. The Hall–Kier alpha value is -1.28. The first-order valence-corrected chi connectivity index (χ1v) is 6.94. The van der Waals surface area contributed by atoms with E-state index >= 15 is 0 Å². The molecular formula is C11H15F3N2O2S. The Kier molecular flexibility index (Phi) is 4.46. The molecule has 1 aromatic carbocycles. The topological polar surface area (TPSA) is 72.2 Å². The van der Waals surface area contributed by atoms with Crippen molar-refractivity contribution >= 4 is 15.7 Å². The zero-order chi connectivity index (χ0) is 14.8. The number of hydrogen-bond donors (Lipinski definition) is 2. The van der Waals surface area contributed by atoms with Crippen LogP contribution in [0.3, 0.4) is 0 Å². The molecule has 1 rings (SSSR count). The minimum absolute atomic E-state index is 0.0242. The number of aryl methyl sites for hydroxylation is 2. The number of sulfonamides is 1. The Morgan fingerprint density at radius 2 is 1.68 bits per heavy atom. The minimum Gasteiger partial charge on any atom is -0.399 e. The van der Waals surface area contributed by atoms with Crippen LogP contribution in [-0.4, -0.2) is 21.1 Å². The third kappa shape index (κ3) is 4.39. The van der Waals surface area contributed by atoms with E-state index in [9.17, 15) is 21.6 Å². The summed E-state index contributed by atoms with van der Waals surface area (Å²) in [7, 11) is -3.97. The second-order valence-electron chi connectivity index (χ2n) is 4.25. The highest BCUT2D eigenvalue weighted by Gasteiger charge is 2.28. The number of benzene rings is 1. The van der Waals surface area contributed by atoms with Gasteiger partial charge in [-0.25, -0.2) is 13.1 Å². The van der Waals surface area contributed by atoms with Gasteiger partial charge in [0.25, 0.3) is 0 Å². The lowest BCUT2D eigenvalue weighted by Crippen LogP contribution is -2.29. The maximum Gasteiger partial charge on any atom is 0.390 e. The molecule has 0 fully saturated rings. The highest BCUT2D eigenvalue weighted by Crippen LogP contribution is 2.23. The van der Waals surface area contributed by atoms with Crippen molar-refractivity contribution in [2.75, 3.05) is 12.3 Å². The number of nitrogens with two attached hydrogens (primary N) is 1. The summed E-state index contributed by atoms with van der Waals surface area (Å²) >= 11 is 0. The normalized spacial score (nSPS) is 12.7. The number of halogens is 3. The zero-order valence-electron chi connectivity index (χ0n) is 10.5. The Bertz CT molecular complexity index is 545. The van der Waals surface area contributed by atoms with E-state index in [1.165, 1.54) is 12.1 Å². The van der Waals surface area contributed by atoms with Crippen LogP contribution in [0.2, 0.25) is 0 Å². The number of nitrogen functional groups attached to an aromatic ring is 1. The number of alkyl halides is 3. The molecule has 0 bridgehead atoms. The van der Waals surface area contributed by atoms with Crippen LogP contribution in [0.5, 0.6) is 0 Å². The van der Waals surface area contributed by atoms with Gasteiger partial charge < -0.3 is 5.73 Å². The van der Waals surface area contributed by atoms with Crippen molar-refractivity contribution in [3.8, 4) is 0 Å². The summed E-state index contributed by atoms with van der Waals surface area (Å²) in [6.45, 7) is 2.40. The van der Waals surface area contributed by atoms with E-state index in [0.717, 1.165) is 0 Å². The molecule has 0 heterocycles. The summed E-state index contributed by atoms with van der Waals surface area (Å²) in [5.74, 6) is 0. The average molecular weight is 296 g/mol. The SMILES string of the molecule is Cc1cc(N)cc(C)c1S(=O)(=O)NCCC(F)(F)F. The summed E-state index contributed by atoms with van der Waals surface area (Å²) in [6.07, 6.45) is -5.60. The van der Waals surface area contributed by atoms with Crippen LogP contribution in [0.25, 0.3) is 0 Å². The predicted molar refractivity (Wildman–Crippen MR) is 66.2 cm³/mol. The van der Waals surface area contributed by atoms with E-state index in [1.807, 2.05) is 4.72 Å². The summed E-state index contributed by atoms with van der Waals surface area (Å²) < 4.78 is 61.8. The van der Waals surface area contributed by atoms with Crippen molar-refractivity contribution in [3.05, 3.63) is 23.3 Å². The van der Waals surface area contributed by atoms with Crippen LogP contribution < -0.4 is 10.5 Å². The summed E-state index contributed by atoms with van der Waals surface area (Å²) in [4.78, 5) is -0.0242. The first kappa shape index (κ1) is 15.8. The van der Waals surface area contributed by atoms with Gasteiger partial charge in [-0.3, -0.25) is 0 Å². The lowest BCUT2D eigenvalue weighted by molar-refractivity contribution is -0.132. The molecule has 19 heavy (non-hydrogen) atoms. The molecule has 0 unspecified atom stereocenters. The molecule has 0 spiro atoms. The molecule has 0 radical (unpaired) electrons. The highest BCUT2D eigenvalue weighted by atomic mass is 32.2. The van der Waals surface area contributed by atoms with E-state index in [0.29, 0.717) is 16.8 Å². The molecule has 1 aromatic rings. The molecule has 0 aliphatic carbocycles. The van der Waals surface area contributed by atoms with Crippen molar-refractivity contribution in [2.45, 2.75) is 31.3 Å². The smallest absolute Gasteiger partial charge is 0.390 e. The molecule has 108 valence electrons. The Morgan fingerprint density at radius 3 is 2.11 bits per heavy atom. The maximum absolute atomic E-state index is 12.0. The summed E-state index contributed by atoms with van der Waals surface area (Å²) in [5.41, 5.74) is 6.77. The van der Waals surface area contributed by atoms with Gasteiger partial charge in [0.1, 0.15) is 0 Å². The maximum atomic E-state index is 12.0. The second kappa shape index (κ2) is 5.38. The second-order valence-corrected chi connectivity index (χ2v) is 5.95. The van der Waals surface area contributed by atoms with Gasteiger partial charge in [0.2, 0.25) is 10.0 Å². The standard InChI is InChI=1S/C11H15F3N2O2S/c1-7-5-9(15)6-8(2)10(7)19(17,18)16-4-3-11(12,13)14/h5-6,16H,3-4,15H2,1-2H3. The first-order chi connectivity index (χ1) is 8.53. The average Bonchev–Trinajstić information content (AvgIpc) is 2.11. The summed E-state index contributed by atoms with van der Waals surface area (Å²) in [5, 5.41) is 0. The van der Waals surface area contributed by atoms with Crippen LogP contribution in [0, 0.1) is 13.8 Å². The quantitative estimate of drug-likeness (QED) is 0.836. The number of nitrogens with one attached hydrogen (secondary N) is 1. The fraction of sp³-hybridized carbons (Fsp3) is 0.455. The van der Waals surface area contributed by atoms with Crippen LogP contribution in [0.1, 0.15) is 17.5 Å². The molecule has 0 atom stereocenters. The monoisotopic (exact) mass is 296 g/mol. The largest absolute Gasteiger partial charge is 0.399 e. The van der Waals surface area contributed by atoms with Gasteiger partial charge in [-0.1, -0.05) is 0 Å². The van der Waals surface area contributed by atoms with Crippen LogP contribution >= 0.6 is 0 Å². The van der Waals surface area contributed by atoms with E-state index in [-0.39, 0.29) is 4.90 Å². The Balaban J connectivity index is 2.96. The van der Waals surface area contributed by atoms with Crippen molar-refractivity contribution in [1.29, 1.82) is 0 Å². The molecule has 0 amide bonds. The van der Waals surface area contributed by atoms with Crippen molar-refractivity contribution < 1.29 is 21.6 Å². The van der Waals surface area contributed by atoms with Gasteiger partial charge >= 0.3 is 6.18 Å². The van der Waals surface area contributed by atoms with Crippen LogP contribution in [0.4, 0.5) is 18.9 Å². The third-order valence-corrected chi connectivity index (χ3v) is 4.22. The lowest BCUT2D eigenvalue weighted by atomic mass is 10.1. The number of hydrogen-bond acceptors (Lipinski definition) is 3. The van der Waals surface area contributed by atoms with E-state index in [2.05, 4.69) is 0 Å². The first-order valence-electron chi connectivity index (χ1n) is 5.46. The zero-order valence-corrected chi connectivity index (χ0v) is 11.3.